The van der Waals surface area contributed by atoms with Gasteiger partial charge in [-0.05, 0) is 19.9 Å². The molecule has 0 aromatic carbocycles. The Morgan fingerprint density at radius 1 is 1.40 bits per heavy atom. The summed E-state index contributed by atoms with van der Waals surface area (Å²) in [5, 5.41) is 0. The number of esters is 1. The molecule has 2 heterocycles. The highest BCUT2D eigenvalue weighted by atomic mass is 16.6. The first-order chi connectivity index (χ1) is 9.43. The van der Waals surface area contributed by atoms with Crippen LogP contribution in [0.15, 0.2) is 21.4 Å². The quantitative estimate of drug-likeness (QED) is 0.763. The van der Waals surface area contributed by atoms with Gasteiger partial charge in [0.25, 0.3) is 0 Å². The monoisotopic (exact) mass is 278 g/mol. The van der Waals surface area contributed by atoms with Gasteiger partial charge in [0.2, 0.25) is 11.9 Å². The molecule has 0 bridgehead atoms. The van der Waals surface area contributed by atoms with Crippen molar-refractivity contribution in [2.75, 3.05) is 0 Å². The Bertz CT molecular complexity index is 640. The normalized spacial score (nSPS) is 21.4. The van der Waals surface area contributed by atoms with E-state index in [-0.39, 0.29) is 11.3 Å². The van der Waals surface area contributed by atoms with Gasteiger partial charge in [0.15, 0.2) is 0 Å². The van der Waals surface area contributed by atoms with Crippen LogP contribution >= 0.6 is 0 Å². The summed E-state index contributed by atoms with van der Waals surface area (Å²) in [5.74, 6) is -0.774. The van der Waals surface area contributed by atoms with E-state index in [0.717, 1.165) is 0 Å². The molecule has 0 amide bonds. The highest BCUT2D eigenvalue weighted by Gasteiger charge is 2.39. The molecule has 6 nitrogen and oxygen atoms in total. The van der Waals surface area contributed by atoms with Crippen LogP contribution in [0.5, 0.6) is 5.75 Å². The van der Waals surface area contributed by atoms with Crippen LogP contribution in [0.2, 0.25) is 0 Å². The second kappa shape index (κ2) is 5.32. The maximum atomic E-state index is 12.2. The first-order valence-electron chi connectivity index (χ1n) is 6.13. The number of Topliss-reactive ketones (excluding diaryl/α,β-unsaturated/α-hetero) is 1. The fourth-order valence-electron chi connectivity index (χ4n) is 2.00. The van der Waals surface area contributed by atoms with Gasteiger partial charge in [-0.15, -0.1) is 0 Å². The van der Waals surface area contributed by atoms with Crippen molar-refractivity contribution in [2.45, 2.75) is 33.0 Å². The second-order valence-corrected chi connectivity index (χ2v) is 4.39. The number of ether oxygens (including phenoxy) is 2. The van der Waals surface area contributed by atoms with E-state index >= 15 is 0 Å². The van der Waals surface area contributed by atoms with Gasteiger partial charge in [-0.3, -0.25) is 9.59 Å². The molecule has 1 aromatic heterocycles. The molecule has 0 fully saturated rings. The van der Waals surface area contributed by atoms with Gasteiger partial charge in [0.05, 0.1) is 0 Å². The van der Waals surface area contributed by atoms with Gasteiger partial charge >= 0.3 is 11.6 Å². The number of carbonyl (C=O) groups excluding carboxylic acids is 2. The number of fused-ring (bicyclic) bond motifs is 1. The molecule has 6 heteroatoms. The number of hydrogen-bond donors (Lipinski definition) is 0. The van der Waals surface area contributed by atoms with E-state index in [0.29, 0.717) is 5.76 Å². The maximum Gasteiger partial charge on any atom is 0.351 e. The first-order valence-corrected chi connectivity index (χ1v) is 6.13. The summed E-state index contributed by atoms with van der Waals surface area (Å²) in [6.45, 7) is 4.55. The summed E-state index contributed by atoms with van der Waals surface area (Å²) in [6, 6.07) is 1.47. The third-order valence-corrected chi connectivity index (χ3v) is 2.80. The van der Waals surface area contributed by atoms with Crippen LogP contribution in [0.3, 0.4) is 0 Å². The SMILES string of the molecule is C/C=C/c1cc2c(c(=O)o1)C(=O)C(OC(C)=O)C(C)O2. The molecule has 2 rings (SSSR count). The molecule has 1 aromatic rings. The smallest absolute Gasteiger partial charge is 0.351 e. The van der Waals surface area contributed by atoms with Crippen molar-refractivity contribution in [2.24, 2.45) is 0 Å². The fraction of sp³-hybridized carbons (Fsp3) is 0.357. The minimum atomic E-state index is -1.13. The highest BCUT2D eigenvalue weighted by Crippen LogP contribution is 2.28. The van der Waals surface area contributed by atoms with Crippen molar-refractivity contribution in [1.82, 2.24) is 0 Å². The van der Waals surface area contributed by atoms with Gasteiger partial charge in [-0.25, -0.2) is 4.79 Å². The summed E-state index contributed by atoms with van der Waals surface area (Å²) in [5.41, 5.74) is -1.02. The molecule has 0 radical (unpaired) electrons. The molecule has 2 unspecified atom stereocenters. The lowest BCUT2D eigenvalue weighted by Crippen LogP contribution is -2.45. The summed E-state index contributed by atoms with van der Waals surface area (Å²) < 4.78 is 15.4. The Kier molecular flexibility index (Phi) is 3.74. The van der Waals surface area contributed by atoms with Crippen LogP contribution in [0.4, 0.5) is 0 Å². The first kappa shape index (κ1) is 14.0. The lowest BCUT2D eigenvalue weighted by atomic mass is 10.00. The average Bonchev–Trinajstić information content (AvgIpc) is 2.33. The van der Waals surface area contributed by atoms with Crippen molar-refractivity contribution in [3.05, 3.63) is 33.9 Å². The van der Waals surface area contributed by atoms with Crippen LogP contribution in [-0.2, 0) is 9.53 Å². The molecule has 20 heavy (non-hydrogen) atoms. The molecule has 1 aliphatic rings. The van der Waals surface area contributed by atoms with Gasteiger partial charge in [0, 0.05) is 13.0 Å². The number of rotatable bonds is 2. The van der Waals surface area contributed by atoms with Crippen LogP contribution < -0.4 is 10.4 Å². The third-order valence-electron chi connectivity index (χ3n) is 2.80. The summed E-state index contributed by atoms with van der Waals surface area (Å²) in [6.07, 6.45) is 1.48. The van der Waals surface area contributed by atoms with Gasteiger partial charge in [-0.2, -0.15) is 0 Å². The molecule has 2 atom stereocenters. The van der Waals surface area contributed by atoms with Crippen LogP contribution in [0.25, 0.3) is 6.08 Å². The number of carbonyl (C=O) groups is 2. The van der Waals surface area contributed by atoms with Crippen LogP contribution in [0.1, 0.15) is 36.9 Å². The number of hydrogen-bond acceptors (Lipinski definition) is 6. The Hall–Kier alpha value is -2.37. The van der Waals surface area contributed by atoms with E-state index < -0.39 is 29.6 Å². The standard InChI is InChI=1S/C14H14O6/c1-4-5-9-6-10-11(14(17)20-9)12(16)13(7(2)18-10)19-8(3)15/h4-7,13H,1-3H3/b5-4+. The van der Waals surface area contributed by atoms with Gasteiger partial charge < -0.3 is 13.9 Å². The summed E-state index contributed by atoms with van der Waals surface area (Å²) >= 11 is 0. The van der Waals surface area contributed by atoms with E-state index in [4.69, 9.17) is 13.9 Å². The van der Waals surface area contributed by atoms with Gasteiger partial charge in [-0.1, -0.05) is 6.08 Å². The number of allylic oxidation sites excluding steroid dienone is 1. The predicted octanol–water partition coefficient (Wildman–Crippen LogP) is 1.57. The third kappa shape index (κ3) is 2.49. The summed E-state index contributed by atoms with van der Waals surface area (Å²) in [7, 11) is 0. The zero-order valence-electron chi connectivity index (χ0n) is 11.3. The zero-order chi connectivity index (χ0) is 14.9. The topological polar surface area (TPSA) is 82.8 Å². The van der Waals surface area contributed by atoms with Crippen LogP contribution in [0, 0.1) is 0 Å². The van der Waals surface area contributed by atoms with Crippen molar-refractivity contribution >= 4 is 17.8 Å². The van der Waals surface area contributed by atoms with E-state index in [1.165, 1.54) is 13.0 Å². The Morgan fingerprint density at radius 2 is 2.10 bits per heavy atom. The largest absolute Gasteiger partial charge is 0.485 e. The number of ketones is 1. The van der Waals surface area contributed by atoms with Gasteiger partial charge in [0.1, 0.15) is 23.2 Å². The molecule has 106 valence electrons. The fourth-order valence-corrected chi connectivity index (χ4v) is 2.00. The van der Waals surface area contributed by atoms with Crippen molar-refractivity contribution in [3.63, 3.8) is 0 Å². The molecule has 0 saturated carbocycles. The predicted molar refractivity (Wildman–Crippen MR) is 69.7 cm³/mol. The van der Waals surface area contributed by atoms with Crippen molar-refractivity contribution in [1.29, 1.82) is 0 Å². The lowest BCUT2D eigenvalue weighted by Gasteiger charge is -2.28. The molecule has 0 spiro atoms. The average molecular weight is 278 g/mol. The minimum Gasteiger partial charge on any atom is -0.485 e. The molecule has 1 aliphatic heterocycles. The zero-order valence-corrected chi connectivity index (χ0v) is 11.3. The Balaban J connectivity index is 2.49. The van der Waals surface area contributed by atoms with Crippen LogP contribution in [-0.4, -0.2) is 24.0 Å². The molecule has 0 saturated heterocycles. The molecule has 0 aliphatic carbocycles. The molecular formula is C14H14O6. The van der Waals surface area contributed by atoms with E-state index in [1.807, 2.05) is 0 Å². The van der Waals surface area contributed by atoms with E-state index in [9.17, 15) is 14.4 Å². The van der Waals surface area contributed by atoms with Crippen molar-refractivity contribution < 1.29 is 23.5 Å². The Morgan fingerprint density at radius 3 is 2.70 bits per heavy atom. The lowest BCUT2D eigenvalue weighted by molar-refractivity contribution is -0.148. The van der Waals surface area contributed by atoms with E-state index in [2.05, 4.69) is 0 Å². The Labute approximate surface area is 115 Å². The van der Waals surface area contributed by atoms with Crippen molar-refractivity contribution in [3.8, 4) is 5.75 Å². The molecular weight excluding hydrogens is 264 g/mol. The van der Waals surface area contributed by atoms with E-state index in [1.54, 1.807) is 26.0 Å². The summed E-state index contributed by atoms with van der Waals surface area (Å²) in [4.78, 5) is 35.1. The maximum absolute atomic E-state index is 12.2. The highest BCUT2D eigenvalue weighted by molar-refractivity contribution is 6.03. The second-order valence-electron chi connectivity index (χ2n) is 4.39. The molecule has 0 N–H and O–H groups in total. The minimum absolute atomic E-state index is 0.148.